The van der Waals surface area contributed by atoms with E-state index in [1.807, 2.05) is 13.1 Å². The van der Waals surface area contributed by atoms with Crippen molar-refractivity contribution < 1.29 is 4.52 Å². The minimum atomic E-state index is 0.407. The summed E-state index contributed by atoms with van der Waals surface area (Å²) < 4.78 is 5.07. The first-order chi connectivity index (χ1) is 10.2. The molecule has 0 fully saturated rings. The maximum atomic E-state index is 5.07. The molecule has 6 nitrogen and oxygen atoms in total. The van der Waals surface area contributed by atoms with Crippen molar-refractivity contribution in [1.82, 2.24) is 20.4 Å². The predicted octanol–water partition coefficient (Wildman–Crippen LogP) is 2.52. The van der Waals surface area contributed by atoms with E-state index >= 15 is 0 Å². The van der Waals surface area contributed by atoms with Crippen LogP contribution in [0.3, 0.4) is 0 Å². The molecule has 118 valence electrons. The van der Waals surface area contributed by atoms with Crippen molar-refractivity contribution in [2.24, 2.45) is 4.99 Å². The van der Waals surface area contributed by atoms with Crippen LogP contribution in [0.5, 0.6) is 0 Å². The average molecular weight is 293 g/mol. The third-order valence-electron chi connectivity index (χ3n) is 3.03. The summed E-state index contributed by atoms with van der Waals surface area (Å²) >= 11 is 0. The molecule has 0 aliphatic carbocycles. The molecule has 0 saturated heterocycles. The van der Waals surface area contributed by atoms with E-state index in [0.29, 0.717) is 18.3 Å². The average Bonchev–Trinajstić information content (AvgIpc) is 2.88. The summed E-state index contributed by atoms with van der Waals surface area (Å²) in [6.07, 6.45) is 6.62. The molecule has 0 spiro atoms. The molecule has 1 aromatic rings. The number of hydrogen-bond donors (Lipinski definition) is 1. The molecular formula is C15H27N5O. The van der Waals surface area contributed by atoms with Crippen molar-refractivity contribution in [2.75, 3.05) is 20.1 Å². The molecule has 6 heteroatoms. The minimum absolute atomic E-state index is 0.407. The Kier molecular flexibility index (Phi) is 8.16. The van der Waals surface area contributed by atoms with E-state index in [4.69, 9.17) is 4.52 Å². The third kappa shape index (κ3) is 6.92. The Morgan fingerprint density at radius 1 is 1.43 bits per heavy atom. The van der Waals surface area contributed by atoms with Crippen molar-refractivity contribution in [1.29, 1.82) is 0 Å². The Morgan fingerprint density at radius 3 is 2.86 bits per heavy atom. The van der Waals surface area contributed by atoms with Gasteiger partial charge < -0.3 is 14.7 Å². The van der Waals surface area contributed by atoms with Gasteiger partial charge in [-0.05, 0) is 33.1 Å². The SMILES string of the molecule is C=CCCCCCN(C)C(=NCc1nc(C)no1)NCC. The lowest BCUT2D eigenvalue weighted by Crippen LogP contribution is -2.39. The van der Waals surface area contributed by atoms with Crippen LogP contribution in [0.25, 0.3) is 0 Å². The Hall–Kier alpha value is -1.85. The Morgan fingerprint density at radius 2 is 2.24 bits per heavy atom. The second-order valence-electron chi connectivity index (χ2n) is 4.97. The van der Waals surface area contributed by atoms with Gasteiger partial charge >= 0.3 is 0 Å². The molecule has 0 saturated carbocycles. The monoisotopic (exact) mass is 293 g/mol. The normalized spacial score (nSPS) is 11.5. The molecule has 0 bridgehead atoms. The van der Waals surface area contributed by atoms with Gasteiger partial charge in [0, 0.05) is 20.1 Å². The van der Waals surface area contributed by atoms with Crippen LogP contribution in [-0.2, 0) is 6.54 Å². The molecule has 0 radical (unpaired) electrons. The van der Waals surface area contributed by atoms with Crippen molar-refractivity contribution in [2.45, 2.75) is 46.1 Å². The van der Waals surface area contributed by atoms with Gasteiger partial charge in [0.05, 0.1) is 0 Å². The van der Waals surface area contributed by atoms with Gasteiger partial charge in [0.2, 0.25) is 5.89 Å². The maximum absolute atomic E-state index is 5.07. The molecule has 21 heavy (non-hydrogen) atoms. The first-order valence-corrected chi connectivity index (χ1v) is 7.57. The number of nitrogens with one attached hydrogen (secondary N) is 1. The summed E-state index contributed by atoms with van der Waals surface area (Å²) in [5.41, 5.74) is 0. The van der Waals surface area contributed by atoms with Crippen LogP contribution in [0.2, 0.25) is 0 Å². The molecule has 1 heterocycles. The number of aromatic nitrogens is 2. The van der Waals surface area contributed by atoms with Crippen molar-refractivity contribution in [3.05, 3.63) is 24.4 Å². The quantitative estimate of drug-likeness (QED) is 0.328. The summed E-state index contributed by atoms with van der Waals surface area (Å²) in [7, 11) is 2.05. The van der Waals surface area contributed by atoms with Gasteiger partial charge in [-0.15, -0.1) is 6.58 Å². The molecule has 0 aliphatic rings. The first-order valence-electron chi connectivity index (χ1n) is 7.57. The fourth-order valence-electron chi connectivity index (χ4n) is 1.94. The lowest BCUT2D eigenvalue weighted by molar-refractivity contribution is 0.375. The minimum Gasteiger partial charge on any atom is -0.357 e. The van der Waals surface area contributed by atoms with Gasteiger partial charge in [-0.3, -0.25) is 0 Å². The van der Waals surface area contributed by atoms with Crippen LogP contribution in [0, 0.1) is 6.92 Å². The fourth-order valence-corrected chi connectivity index (χ4v) is 1.94. The lowest BCUT2D eigenvalue weighted by atomic mass is 10.2. The van der Waals surface area contributed by atoms with Crippen molar-refractivity contribution in [3.8, 4) is 0 Å². The van der Waals surface area contributed by atoms with Gasteiger partial charge in [-0.2, -0.15) is 4.98 Å². The largest absolute Gasteiger partial charge is 0.357 e. The van der Waals surface area contributed by atoms with Gasteiger partial charge in [-0.1, -0.05) is 17.7 Å². The van der Waals surface area contributed by atoms with Gasteiger partial charge in [-0.25, -0.2) is 4.99 Å². The topological polar surface area (TPSA) is 66.5 Å². The van der Waals surface area contributed by atoms with E-state index in [-0.39, 0.29) is 0 Å². The molecule has 0 aromatic carbocycles. The lowest BCUT2D eigenvalue weighted by Gasteiger charge is -2.21. The van der Waals surface area contributed by atoms with Gasteiger partial charge in [0.15, 0.2) is 11.8 Å². The highest BCUT2D eigenvalue weighted by atomic mass is 16.5. The van der Waals surface area contributed by atoms with E-state index < -0.39 is 0 Å². The fraction of sp³-hybridized carbons (Fsp3) is 0.667. The number of rotatable bonds is 9. The van der Waals surface area contributed by atoms with E-state index in [0.717, 1.165) is 31.9 Å². The van der Waals surface area contributed by atoms with Crippen LogP contribution in [0.15, 0.2) is 22.2 Å². The number of guanidine groups is 1. The number of aryl methyl sites for hydroxylation is 1. The molecular weight excluding hydrogens is 266 g/mol. The van der Waals surface area contributed by atoms with Crippen LogP contribution < -0.4 is 5.32 Å². The van der Waals surface area contributed by atoms with E-state index in [2.05, 4.69) is 38.9 Å². The van der Waals surface area contributed by atoms with Gasteiger partial charge in [0.25, 0.3) is 0 Å². The van der Waals surface area contributed by atoms with Crippen molar-refractivity contribution in [3.63, 3.8) is 0 Å². The molecule has 1 N–H and O–H groups in total. The van der Waals surface area contributed by atoms with Crippen LogP contribution in [0.4, 0.5) is 0 Å². The molecule has 1 aromatic heterocycles. The number of unbranched alkanes of at least 4 members (excludes halogenated alkanes) is 3. The van der Waals surface area contributed by atoms with Crippen LogP contribution in [-0.4, -0.2) is 41.1 Å². The number of allylic oxidation sites excluding steroid dienone is 1. The zero-order valence-electron chi connectivity index (χ0n) is 13.4. The molecule has 0 amide bonds. The second kappa shape index (κ2) is 9.96. The molecule has 0 atom stereocenters. The molecule has 1 rings (SSSR count). The number of aliphatic imine (C=N–C) groups is 1. The Labute approximate surface area is 127 Å². The van der Waals surface area contributed by atoms with E-state index in [1.54, 1.807) is 6.92 Å². The summed E-state index contributed by atoms with van der Waals surface area (Å²) in [6.45, 7) is 9.82. The Balaban J connectivity index is 2.44. The molecule has 0 aliphatic heterocycles. The highest BCUT2D eigenvalue weighted by Crippen LogP contribution is 2.03. The summed E-state index contributed by atoms with van der Waals surface area (Å²) in [6, 6.07) is 0. The second-order valence-corrected chi connectivity index (χ2v) is 4.97. The standard InChI is InChI=1S/C15H27N5O/c1-5-7-8-9-10-11-20(4)15(16-6-2)17-12-14-18-13(3)19-21-14/h5H,1,6-12H2,2-4H3,(H,16,17). The zero-order valence-corrected chi connectivity index (χ0v) is 13.4. The Bertz CT molecular complexity index is 441. The maximum Gasteiger partial charge on any atom is 0.248 e. The molecule has 0 unspecified atom stereocenters. The first kappa shape index (κ1) is 17.2. The summed E-state index contributed by atoms with van der Waals surface area (Å²) in [4.78, 5) is 10.8. The van der Waals surface area contributed by atoms with Gasteiger partial charge in [0.1, 0.15) is 6.54 Å². The smallest absolute Gasteiger partial charge is 0.248 e. The van der Waals surface area contributed by atoms with Crippen molar-refractivity contribution >= 4 is 5.96 Å². The highest BCUT2D eigenvalue weighted by molar-refractivity contribution is 5.79. The van der Waals surface area contributed by atoms with Crippen LogP contribution in [0.1, 0.15) is 44.3 Å². The number of hydrogen-bond acceptors (Lipinski definition) is 4. The summed E-state index contributed by atoms with van der Waals surface area (Å²) in [5, 5.41) is 7.05. The third-order valence-corrected chi connectivity index (χ3v) is 3.03. The number of nitrogens with zero attached hydrogens (tertiary/aromatic N) is 4. The van der Waals surface area contributed by atoms with Crippen LogP contribution >= 0.6 is 0 Å². The van der Waals surface area contributed by atoms with E-state index in [9.17, 15) is 0 Å². The highest BCUT2D eigenvalue weighted by Gasteiger charge is 2.07. The predicted molar refractivity (Wildman–Crippen MR) is 85.1 cm³/mol. The summed E-state index contributed by atoms with van der Waals surface area (Å²) in [5.74, 6) is 2.06. The zero-order chi connectivity index (χ0) is 15.5. The van der Waals surface area contributed by atoms with E-state index in [1.165, 1.54) is 12.8 Å².